The van der Waals surface area contributed by atoms with Crippen molar-refractivity contribution in [1.82, 2.24) is 4.90 Å². The molecule has 2 fully saturated rings. The van der Waals surface area contributed by atoms with E-state index < -0.39 is 5.54 Å². The van der Waals surface area contributed by atoms with Gasteiger partial charge in [0.1, 0.15) is 5.82 Å². The van der Waals surface area contributed by atoms with E-state index in [1.54, 1.807) is 6.07 Å². The van der Waals surface area contributed by atoms with Gasteiger partial charge in [-0.15, -0.1) is 0 Å². The van der Waals surface area contributed by atoms with Crippen molar-refractivity contribution in [3.8, 4) is 0 Å². The molecule has 0 bridgehead atoms. The van der Waals surface area contributed by atoms with Crippen LogP contribution in [0.5, 0.6) is 0 Å². The van der Waals surface area contributed by atoms with Crippen molar-refractivity contribution < 1.29 is 13.9 Å². The largest absolute Gasteiger partial charge is 0.381 e. The lowest BCUT2D eigenvalue weighted by Crippen LogP contribution is -2.58. The first-order valence-corrected chi connectivity index (χ1v) is 7.51. The summed E-state index contributed by atoms with van der Waals surface area (Å²) in [7, 11) is 0. The second-order valence-corrected chi connectivity index (χ2v) is 6.06. The third-order valence-electron chi connectivity index (χ3n) is 4.30. The van der Waals surface area contributed by atoms with E-state index in [2.05, 4.69) is 0 Å². The monoisotopic (exact) mass is 292 g/mol. The number of halogens is 1. The number of carbonyl (C=O) groups is 1. The summed E-state index contributed by atoms with van der Waals surface area (Å²) in [6.07, 6.45) is 3.12. The molecule has 0 spiro atoms. The SMILES string of the molecule is NC1(C(=O)N(Cc2cccc(F)c2)C2CC2)CCOCC1. The van der Waals surface area contributed by atoms with Crippen LogP contribution in [0.4, 0.5) is 4.39 Å². The van der Waals surface area contributed by atoms with Crippen molar-refractivity contribution >= 4 is 5.91 Å². The van der Waals surface area contributed by atoms with Crippen LogP contribution < -0.4 is 5.73 Å². The van der Waals surface area contributed by atoms with Gasteiger partial charge in [0, 0.05) is 25.8 Å². The van der Waals surface area contributed by atoms with E-state index in [4.69, 9.17) is 10.5 Å². The van der Waals surface area contributed by atoms with E-state index in [1.165, 1.54) is 12.1 Å². The lowest BCUT2D eigenvalue weighted by molar-refractivity contribution is -0.141. The number of benzene rings is 1. The van der Waals surface area contributed by atoms with E-state index in [0.717, 1.165) is 18.4 Å². The fraction of sp³-hybridized carbons (Fsp3) is 0.562. The van der Waals surface area contributed by atoms with Crippen LogP contribution >= 0.6 is 0 Å². The van der Waals surface area contributed by atoms with Gasteiger partial charge in [-0.05, 0) is 43.4 Å². The number of nitrogens with two attached hydrogens (primary N) is 1. The van der Waals surface area contributed by atoms with Crippen LogP contribution in [0.1, 0.15) is 31.2 Å². The minimum Gasteiger partial charge on any atom is -0.381 e. The average Bonchev–Trinajstić information content (AvgIpc) is 3.29. The Kier molecular flexibility index (Phi) is 3.95. The van der Waals surface area contributed by atoms with Crippen molar-refractivity contribution in [2.45, 2.75) is 43.8 Å². The Bertz CT molecular complexity index is 525. The first kappa shape index (κ1) is 14.5. The Morgan fingerprint density at radius 2 is 2.10 bits per heavy atom. The molecule has 0 radical (unpaired) electrons. The average molecular weight is 292 g/mol. The molecule has 3 rings (SSSR count). The molecule has 0 atom stereocenters. The summed E-state index contributed by atoms with van der Waals surface area (Å²) in [5.74, 6) is -0.290. The van der Waals surface area contributed by atoms with Crippen molar-refractivity contribution in [3.05, 3.63) is 35.6 Å². The Hall–Kier alpha value is -1.46. The van der Waals surface area contributed by atoms with Gasteiger partial charge in [0.15, 0.2) is 0 Å². The van der Waals surface area contributed by atoms with E-state index in [0.29, 0.717) is 32.6 Å². The van der Waals surface area contributed by atoms with Crippen LogP contribution in [0.3, 0.4) is 0 Å². The molecule has 1 aliphatic carbocycles. The highest BCUT2D eigenvalue weighted by Crippen LogP contribution is 2.32. The first-order valence-electron chi connectivity index (χ1n) is 7.51. The summed E-state index contributed by atoms with van der Waals surface area (Å²) in [4.78, 5) is 14.7. The Morgan fingerprint density at radius 1 is 1.38 bits per heavy atom. The molecule has 2 N–H and O–H groups in total. The highest BCUT2D eigenvalue weighted by Gasteiger charge is 2.43. The molecule has 0 unspecified atom stereocenters. The number of hydrogen-bond donors (Lipinski definition) is 1. The predicted molar refractivity (Wildman–Crippen MR) is 76.9 cm³/mol. The molecule has 1 amide bonds. The van der Waals surface area contributed by atoms with Crippen LogP contribution in [-0.4, -0.2) is 35.6 Å². The van der Waals surface area contributed by atoms with Gasteiger partial charge in [-0.25, -0.2) is 4.39 Å². The molecule has 1 saturated carbocycles. The number of nitrogens with zero attached hydrogens (tertiary/aromatic N) is 1. The summed E-state index contributed by atoms with van der Waals surface area (Å²) in [6.45, 7) is 1.49. The maximum absolute atomic E-state index is 13.3. The fourth-order valence-corrected chi connectivity index (χ4v) is 2.82. The second kappa shape index (κ2) is 5.73. The summed E-state index contributed by atoms with van der Waals surface area (Å²) in [5.41, 5.74) is 6.29. The molecular formula is C16H21FN2O2. The minimum atomic E-state index is -0.825. The van der Waals surface area contributed by atoms with Crippen molar-refractivity contribution in [2.75, 3.05) is 13.2 Å². The van der Waals surface area contributed by atoms with E-state index in [9.17, 15) is 9.18 Å². The molecule has 2 aliphatic rings. The molecule has 4 nitrogen and oxygen atoms in total. The summed E-state index contributed by atoms with van der Waals surface area (Å²) < 4.78 is 18.6. The standard InChI is InChI=1S/C16H21FN2O2/c17-13-3-1-2-12(10-13)11-19(14-4-5-14)15(20)16(18)6-8-21-9-7-16/h1-3,10,14H,4-9,11,18H2. The zero-order valence-corrected chi connectivity index (χ0v) is 12.1. The molecule has 1 aliphatic heterocycles. The van der Waals surface area contributed by atoms with E-state index >= 15 is 0 Å². The Balaban J connectivity index is 1.76. The lowest BCUT2D eigenvalue weighted by Gasteiger charge is -2.37. The minimum absolute atomic E-state index is 0.0161. The topological polar surface area (TPSA) is 55.6 Å². The van der Waals surface area contributed by atoms with Gasteiger partial charge in [0.25, 0.3) is 0 Å². The van der Waals surface area contributed by atoms with Crippen LogP contribution in [0.15, 0.2) is 24.3 Å². The summed E-state index contributed by atoms with van der Waals surface area (Å²) in [5, 5.41) is 0. The summed E-state index contributed by atoms with van der Waals surface area (Å²) in [6, 6.07) is 6.67. The fourth-order valence-electron chi connectivity index (χ4n) is 2.82. The van der Waals surface area contributed by atoms with Crippen LogP contribution in [0, 0.1) is 5.82 Å². The number of amides is 1. The van der Waals surface area contributed by atoms with Gasteiger partial charge in [-0.3, -0.25) is 4.79 Å². The van der Waals surface area contributed by atoms with Gasteiger partial charge in [0.2, 0.25) is 5.91 Å². The Morgan fingerprint density at radius 3 is 2.71 bits per heavy atom. The van der Waals surface area contributed by atoms with E-state index in [-0.39, 0.29) is 17.8 Å². The van der Waals surface area contributed by atoms with Crippen molar-refractivity contribution in [3.63, 3.8) is 0 Å². The van der Waals surface area contributed by atoms with Crippen molar-refractivity contribution in [2.24, 2.45) is 5.73 Å². The molecular weight excluding hydrogens is 271 g/mol. The van der Waals surface area contributed by atoms with Gasteiger partial charge in [0.05, 0.1) is 5.54 Å². The van der Waals surface area contributed by atoms with Crippen LogP contribution in [-0.2, 0) is 16.1 Å². The Labute approximate surface area is 124 Å². The normalized spacial score (nSPS) is 21.0. The molecule has 1 saturated heterocycles. The number of carbonyl (C=O) groups excluding carboxylic acids is 1. The third-order valence-corrected chi connectivity index (χ3v) is 4.30. The molecule has 1 aromatic rings. The zero-order chi connectivity index (χ0) is 14.9. The molecule has 1 heterocycles. The maximum Gasteiger partial charge on any atom is 0.243 e. The maximum atomic E-state index is 13.3. The van der Waals surface area contributed by atoms with Gasteiger partial charge in [-0.2, -0.15) is 0 Å². The van der Waals surface area contributed by atoms with Crippen LogP contribution in [0.25, 0.3) is 0 Å². The van der Waals surface area contributed by atoms with Gasteiger partial charge in [-0.1, -0.05) is 12.1 Å². The predicted octanol–water partition coefficient (Wildman–Crippen LogP) is 1.82. The summed E-state index contributed by atoms with van der Waals surface area (Å²) >= 11 is 0. The molecule has 114 valence electrons. The van der Waals surface area contributed by atoms with Crippen molar-refractivity contribution in [1.29, 1.82) is 0 Å². The van der Waals surface area contributed by atoms with Gasteiger partial charge < -0.3 is 15.4 Å². The number of ether oxygens (including phenoxy) is 1. The number of hydrogen-bond acceptors (Lipinski definition) is 3. The second-order valence-electron chi connectivity index (χ2n) is 6.06. The highest BCUT2D eigenvalue weighted by molar-refractivity contribution is 5.86. The number of rotatable bonds is 4. The first-order chi connectivity index (χ1) is 10.1. The zero-order valence-electron chi connectivity index (χ0n) is 12.1. The highest BCUT2D eigenvalue weighted by atomic mass is 19.1. The molecule has 1 aromatic carbocycles. The van der Waals surface area contributed by atoms with E-state index in [1.807, 2.05) is 11.0 Å². The molecule has 5 heteroatoms. The van der Waals surface area contributed by atoms with Crippen LogP contribution in [0.2, 0.25) is 0 Å². The quantitative estimate of drug-likeness (QED) is 0.921. The lowest BCUT2D eigenvalue weighted by atomic mass is 9.89. The smallest absolute Gasteiger partial charge is 0.243 e. The molecule has 0 aromatic heterocycles. The third kappa shape index (κ3) is 3.24. The molecule has 21 heavy (non-hydrogen) atoms. The van der Waals surface area contributed by atoms with Gasteiger partial charge >= 0.3 is 0 Å².